The van der Waals surface area contributed by atoms with Crippen LogP contribution in [-0.2, 0) is 0 Å². The second kappa shape index (κ2) is 7.58. The van der Waals surface area contributed by atoms with E-state index in [1.165, 1.54) is 0 Å². The summed E-state index contributed by atoms with van der Waals surface area (Å²) in [4.78, 5) is 12.3. The number of ether oxygens (including phenoxy) is 1. The molecule has 2 aromatic heterocycles. The fraction of sp³-hybridized carbons (Fsp3) is 0.308. The zero-order chi connectivity index (χ0) is 13.3. The van der Waals surface area contributed by atoms with Crippen LogP contribution in [0.15, 0.2) is 36.8 Å². The SMILES string of the molecule is CSCCCOc1nccc(Nc2ccncc2)n1. The lowest BCUT2D eigenvalue weighted by Crippen LogP contribution is -2.03. The Labute approximate surface area is 116 Å². The van der Waals surface area contributed by atoms with Crippen LogP contribution in [0.5, 0.6) is 6.01 Å². The van der Waals surface area contributed by atoms with Crippen molar-refractivity contribution in [3.63, 3.8) is 0 Å². The zero-order valence-electron chi connectivity index (χ0n) is 10.7. The van der Waals surface area contributed by atoms with Gasteiger partial charge in [0, 0.05) is 24.3 Å². The predicted molar refractivity (Wildman–Crippen MR) is 78.0 cm³/mol. The molecule has 0 spiro atoms. The van der Waals surface area contributed by atoms with Crippen molar-refractivity contribution in [1.29, 1.82) is 0 Å². The van der Waals surface area contributed by atoms with Crippen molar-refractivity contribution >= 4 is 23.3 Å². The van der Waals surface area contributed by atoms with Crippen molar-refractivity contribution in [3.05, 3.63) is 36.8 Å². The first-order valence-corrected chi connectivity index (χ1v) is 7.40. The lowest BCUT2D eigenvalue weighted by Gasteiger charge is -2.07. The summed E-state index contributed by atoms with van der Waals surface area (Å²) < 4.78 is 5.50. The van der Waals surface area contributed by atoms with Crippen LogP contribution >= 0.6 is 11.8 Å². The fourth-order valence-corrected chi connectivity index (χ4v) is 1.84. The second-order valence-electron chi connectivity index (χ2n) is 3.78. The van der Waals surface area contributed by atoms with Crippen LogP contribution in [0, 0.1) is 0 Å². The van der Waals surface area contributed by atoms with Gasteiger partial charge in [-0.05, 0) is 36.6 Å². The Hall–Kier alpha value is -1.82. The van der Waals surface area contributed by atoms with E-state index in [2.05, 4.69) is 26.5 Å². The van der Waals surface area contributed by atoms with Crippen molar-refractivity contribution in [2.45, 2.75) is 6.42 Å². The average Bonchev–Trinajstić information content (AvgIpc) is 2.45. The molecule has 0 aromatic carbocycles. The van der Waals surface area contributed by atoms with E-state index in [-0.39, 0.29) is 0 Å². The van der Waals surface area contributed by atoms with Gasteiger partial charge in [0.15, 0.2) is 0 Å². The zero-order valence-corrected chi connectivity index (χ0v) is 11.6. The summed E-state index contributed by atoms with van der Waals surface area (Å²) in [5.74, 6) is 1.79. The first kappa shape index (κ1) is 13.6. The molecule has 100 valence electrons. The third kappa shape index (κ3) is 4.75. The molecule has 0 saturated carbocycles. The highest BCUT2D eigenvalue weighted by molar-refractivity contribution is 7.98. The standard InChI is InChI=1S/C13H16N4OS/c1-19-10-2-9-18-13-15-8-5-12(17-13)16-11-3-6-14-7-4-11/h3-8H,2,9-10H2,1H3,(H,14,15,16,17). The Morgan fingerprint density at radius 1 is 1.21 bits per heavy atom. The summed E-state index contributed by atoms with van der Waals surface area (Å²) in [5, 5.41) is 3.17. The number of anilines is 2. The van der Waals surface area contributed by atoms with Crippen molar-refractivity contribution in [2.24, 2.45) is 0 Å². The maximum Gasteiger partial charge on any atom is 0.318 e. The first-order chi connectivity index (χ1) is 9.38. The molecule has 0 aliphatic carbocycles. The molecular weight excluding hydrogens is 260 g/mol. The maximum absolute atomic E-state index is 5.50. The number of hydrogen-bond acceptors (Lipinski definition) is 6. The lowest BCUT2D eigenvalue weighted by atomic mass is 10.4. The van der Waals surface area contributed by atoms with Gasteiger partial charge in [-0.1, -0.05) is 0 Å². The lowest BCUT2D eigenvalue weighted by molar-refractivity contribution is 0.294. The monoisotopic (exact) mass is 276 g/mol. The van der Waals surface area contributed by atoms with Crippen molar-refractivity contribution < 1.29 is 4.74 Å². The predicted octanol–water partition coefficient (Wildman–Crippen LogP) is 2.75. The summed E-state index contributed by atoms with van der Waals surface area (Å²) in [6, 6.07) is 5.96. The summed E-state index contributed by atoms with van der Waals surface area (Å²) >= 11 is 1.80. The number of nitrogens with one attached hydrogen (secondary N) is 1. The van der Waals surface area contributed by atoms with Crippen molar-refractivity contribution in [1.82, 2.24) is 15.0 Å². The molecular formula is C13H16N4OS. The molecule has 0 amide bonds. The first-order valence-electron chi connectivity index (χ1n) is 6.00. The number of thioether (sulfide) groups is 1. The molecule has 1 N–H and O–H groups in total. The minimum absolute atomic E-state index is 0.403. The van der Waals surface area contributed by atoms with Gasteiger partial charge in [0.25, 0.3) is 0 Å². The molecule has 19 heavy (non-hydrogen) atoms. The third-order valence-corrected chi connectivity index (χ3v) is 3.01. The smallest absolute Gasteiger partial charge is 0.318 e. The topological polar surface area (TPSA) is 59.9 Å². The van der Waals surface area contributed by atoms with Gasteiger partial charge in [-0.25, -0.2) is 4.98 Å². The Morgan fingerprint density at radius 3 is 2.84 bits per heavy atom. The molecule has 2 aromatic rings. The second-order valence-corrected chi connectivity index (χ2v) is 4.77. The van der Waals surface area contributed by atoms with Gasteiger partial charge in [-0.15, -0.1) is 0 Å². The van der Waals surface area contributed by atoms with E-state index >= 15 is 0 Å². The molecule has 0 radical (unpaired) electrons. The molecule has 0 aliphatic rings. The van der Waals surface area contributed by atoms with Crippen molar-refractivity contribution in [3.8, 4) is 6.01 Å². The Kier molecular flexibility index (Phi) is 5.43. The van der Waals surface area contributed by atoms with Gasteiger partial charge in [-0.2, -0.15) is 16.7 Å². The highest BCUT2D eigenvalue weighted by Crippen LogP contribution is 2.14. The minimum Gasteiger partial charge on any atom is -0.463 e. The number of nitrogens with zero attached hydrogens (tertiary/aromatic N) is 3. The molecule has 0 fully saturated rings. The highest BCUT2D eigenvalue weighted by Gasteiger charge is 2.00. The molecule has 0 atom stereocenters. The summed E-state index contributed by atoms with van der Waals surface area (Å²) in [6.45, 7) is 0.638. The number of pyridine rings is 1. The summed E-state index contributed by atoms with van der Waals surface area (Å²) in [7, 11) is 0. The van der Waals surface area contributed by atoms with Crippen LogP contribution in [0.2, 0.25) is 0 Å². The van der Waals surface area contributed by atoms with E-state index in [1.807, 2.05) is 12.1 Å². The van der Waals surface area contributed by atoms with Crippen LogP contribution in [-0.4, -0.2) is 33.6 Å². The Bertz CT molecular complexity index is 495. The van der Waals surface area contributed by atoms with Gasteiger partial charge >= 0.3 is 6.01 Å². The van der Waals surface area contributed by atoms with Crippen molar-refractivity contribution in [2.75, 3.05) is 23.9 Å². The van der Waals surface area contributed by atoms with E-state index in [4.69, 9.17) is 4.74 Å². The number of aromatic nitrogens is 3. The quantitative estimate of drug-likeness (QED) is 0.785. The summed E-state index contributed by atoms with van der Waals surface area (Å²) in [5.41, 5.74) is 0.932. The Morgan fingerprint density at radius 2 is 2.05 bits per heavy atom. The van der Waals surface area contributed by atoms with Crippen LogP contribution in [0.25, 0.3) is 0 Å². The normalized spacial score (nSPS) is 10.2. The molecule has 6 heteroatoms. The van der Waals surface area contributed by atoms with Gasteiger partial charge in [0.2, 0.25) is 0 Å². The maximum atomic E-state index is 5.50. The van der Waals surface area contributed by atoms with Gasteiger partial charge in [0.05, 0.1) is 6.61 Å². The van der Waals surface area contributed by atoms with Crippen LogP contribution in [0.3, 0.4) is 0 Å². The van der Waals surface area contributed by atoms with E-state index in [9.17, 15) is 0 Å². The average molecular weight is 276 g/mol. The molecule has 0 saturated heterocycles. The molecule has 2 rings (SSSR count). The number of rotatable bonds is 7. The van der Waals surface area contributed by atoms with Gasteiger partial charge < -0.3 is 10.1 Å². The molecule has 0 bridgehead atoms. The van der Waals surface area contributed by atoms with Crippen LogP contribution in [0.4, 0.5) is 11.5 Å². The minimum atomic E-state index is 0.403. The van der Waals surface area contributed by atoms with Gasteiger partial charge in [-0.3, -0.25) is 4.98 Å². The Balaban J connectivity index is 1.91. The number of hydrogen-bond donors (Lipinski definition) is 1. The van der Waals surface area contributed by atoms with E-state index in [0.717, 1.165) is 17.9 Å². The van der Waals surface area contributed by atoms with Crippen LogP contribution in [0.1, 0.15) is 6.42 Å². The molecule has 5 nitrogen and oxygen atoms in total. The van der Waals surface area contributed by atoms with Crippen LogP contribution < -0.4 is 10.1 Å². The molecule has 0 aliphatic heterocycles. The largest absolute Gasteiger partial charge is 0.463 e. The molecule has 2 heterocycles. The molecule has 0 unspecified atom stereocenters. The van der Waals surface area contributed by atoms with E-state index in [0.29, 0.717) is 18.4 Å². The van der Waals surface area contributed by atoms with E-state index in [1.54, 1.807) is 36.4 Å². The summed E-state index contributed by atoms with van der Waals surface area (Å²) in [6.07, 6.45) is 8.20. The fourth-order valence-electron chi connectivity index (χ4n) is 1.43. The highest BCUT2D eigenvalue weighted by atomic mass is 32.2. The van der Waals surface area contributed by atoms with Gasteiger partial charge in [0.1, 0.15) is 5.82 Å². The van der Waals surface area contributed by atoms with E-state index < -0.39 is 0 Å². The third-order valence-electron chi connectivity index (χ3n) is 2.31.